The monoisotopic (exact) mass is 415 g/mol. The third-order valence-electron chi connectivity index (χ3n) is 12.0. The predicted molar refractivity (Wildman–Crippen MR) is 120 cm³/mol. The van der Waals surface area contributed by atoms with Crippen molar-refractivity contribution in [3.63, 3.8) is 0 Å². The smallest absolute Gasteiger partial charge is 0.0577 e. The van der Waals surface area contributed by atoms with Crippen LogP contribution in [0.3, 0.4) is 0 Å². The van der Waals surface area contributed by atoms with Gasteiger partial charge in [-0.1, -0.05) is 20.8 Å². The van der Waals surface area contributed by atoms with Crippen LogP contribution in [0.1, 0.15) is 78.6 Å². The third-order valence-corrected chi connectivity index (χ3v) is 12.0. The second-order valence-electron chi connectivity index (χ2n) is 13.1. The molecule has 0 aromatic rings. The first-order valence-corrected chi connectivity index (χ1v) is 13.5. The summed E-state index contributed by atoms with van der Waals surface area (Å²) in [5.74, 6) is 7.22. The molecule has 30 heavy (non-hydrogen) atoms. The zero-order chi connectivity index (χ0) is 20.8. The lowest BCUT2D eigenvalue weighted by molar-refractivity contribution is -0.130. The number of nitrogens with zero attached hydrogens (tertiary/aromatic N) is 1. The fourth-order valence-electron chi connectivity index (χ4n) is 10.6. The highest BCUT2D eigenvalue weighted by Crippen LogP contribution is 2.67. The molecule has 13 atom stereocenters. The summed E-state index contributed by atoms with van der Waals surface area (Å²) in [6.07, 6.45) is 10.7. The molecule has 0 spiro atoms. The molecule has 6 rings (SSSR count). The molecule has 170 valence electrons. The summed E-state index contributed by atoms with van der Waals surface area (Å²) >= 11 is 0. The second-order valence-corrected chi connectivity index (χ2v) is 13.1. The largest absolute Gasteiger partial charge is 0.393 e. The Morgan fingerprint density at radius 1 is 0.733 bits per heavy atom. The SMILES string of the molecule is C[C@H]1CC[C@H]2[C@H](C)[C@H]3CC[C@@H]4[C@@H](C[C@H]5[C@H]4C[C@@H](O)[C@H]4C[C@@H](O)CC[C@@]45C)[C@@H]3CN2C1. The van der Waals surface area contributed by atoms with E-state index in [0.717, 1.165) is 79.1 Å². The van der Waals surface area contributed by atoms with Crippen molar-refractivity contribution < 1.29 is 10.2 Å². The van der Waals surface area contributed by atoms with E-state index in [0.29, 0.717) is 5.92 Å². The summed E-state index contributed by atoms with van der Waals surface area (Å²) in [6, 6.07) is 0.853. The van der Waals surface area contributed by atoms with Crippen LogP contribution >= 0.6 is 0 Å². The average molecular weight is 416 g/mol. The number of aliphatic hydroxyl groups excluding tert-OH is 2. The van der Waals surface area contributed by atoms with Crippen molar-refractivity contribution >= 4 is 0 Å². The molecule has 0 amide bonds. The molecule has 0 unspecified atom stereocenters. The Morgan fingerprint density at radius 2 is 1.53 bits per heavy atom. The zero-order valence-electron chi connectivity index (χ0n) is 19.5. The molecule has 2 N–H and O–H groups in total. The van der Waals surface area contributed by atoms with Crippen LogP contribution in [0.5, 0.6) is 0 Å². The molecular weight excluding hydrogens is 370 g/mol. The quantitative estimate of drug-likeness (QED) is 0.609. The first-order valence-electron chi connectivity index (χ1n) is 13.5. The summed E-state index contributed by atoms with van der Waals surface area (Å²) in [5, 5.41) is 21.5. The normalized spacial score (nSPS) is 60.7. The molecular formula is C27H45NO2. The summed E-state index contributed by atoms with van der Waals surface area (Å²) in [6.45, 7) is 10.3. The molecule has 2 saturated heterocycles. The summed E-state index contributed by atoms with van der Waals surface area (Å²) < 4.78 is 0. The van der Waals surface area contributed by atoms with E-state index >= 15 is 0 Å². The highest BCUT2D eigenvalue weighted by Gasteiger charge is 2.62. The Bertz CT molecular complexity index is 665. The third kappa shape index (κ3) is 2.86. The van der Waals surface area contributed by atoms with Gasteiger partial charge in [-0.05, 0) is 116 Å². The van der Waals surface area contributed by atoms with Gasteiger partial charge in [-0.25, -0.2) is 0 Å². The van der Waals surface area contributed by atoms with Gasteiger partial charge in [0.1, 0.15) is 0 Å². The first-order chi connectivity index (χ1) is 14.4. The van der Waals surface area contributed by atoms with E-state index in [1.54, 1.807) is 0 Å². The van der Waals surface area contributed by atoms with E-state index in [4.69, 9.17) is 0 Å². The van der Waals surface area contributed by atoms with Gasteiger partial charge in [0.15, 0.2) is 0 Å². The van der Waals surface area contributed by atoms with E-state index in [-0.39, 0.29) is 17.6 Å². The molecule has 3 heteroatoms. The van der Waals surface area contributed by atoms with Crippen LogP contribution in [-0.4, -0.2) is 46.5 Å². The molecule has 0 radical (unpaired) electrons. The van der Waals surface area contributed by atoms with Gasteiger partial charge in [-0.2, -0.15) is 0 Å². The van der Waals surface area contributed by atoms with E-state index < -0.39 is 0 Å². The molecule has 4 aliphatic carbocycles. The van der Waals surface area contributed by atoms with Gasteiger partial charge in [0.2, 0.25) is 0 Å². The molecule has 0 aromatic heterocycles. The lowest BCUT2D eigenvalue weighted by Crippen LogP contribution is -2.58. The second kappa shape index (κ2) is 7.19. The number of aliphatic hydroxyl groups is 2. The maximum atomic E-state index is 11.2. The van der Waals surface area contributed by atoms with Crippen LogP contribution in [-0.2, 0) is 0 Å². The maximum Gasteiger partial charge on any atom is 0.0577 e. The van der Waals surface area contributed by atoms with Crippen LogP contribution < -0.4 is 0 Å². The van der Waals surface area contributed by atoms with Crippen molar-refractivity contribution in [2.75, 3.05) is 13.1 Å². The predicted octanol–water partition coefficient (Wildman–Crippen LogP) is 4.56. The topological polar surface area (TPSA) is 43.7 Å². The minimum Gasteiger partial charge on any atom is -0.393 e. The van der Waals surface area contributed by atoms with E-state index in [1.165, 1.54) is 45.2 Å². The van der Waals surface area contributed by atoms with Crippen LogP contribution in [0, 0.1) is 58.7 Å². The molecule has 6 aliphatic rings. The van der Waals surface area contributed by atoms with Gasteiger partial charge in [-0.15, -0.1) is 0 Å². The Morgan fingerprint density at radius 3 is 2.37 bits per heavy atom. The molecule has 2 aliphatic heterocycles. The molecule has 0 aromatic carbocycles. The number of hydrogen-bond donors (Lipinski definition) is 2. The van der Waals surface area contributed by atoms with Gasteiger partial charge in [0.05, 0.1) is 12.2 Å². The minimum atomic E-state index is -0.181. The Hall–Kier alpha value is -0.120. The molecule has 6 fully saturated rings. The van der Waals surface area contributed by atoms with Gasteiger partial charge < -0.3 is 10.2 Å². The molecule has 4 saturated carbocycles. The summed E-state index contributed by atoms with van der Waals surface area (Å²) in [5.41, 5.74) is 0.261. The van der Waals surface area contributed by atoms with Crippen LogP contribution in [0.25, 0.3) is 0 Å². The number of rotatable bonds is 0. The van der Waals surface area contributed by atoms with E-state index in [9.17, 15) is 10.2 Å². The Kier molecular flexibility index (Phi) is 4.91. The van der Waals surface area contributed by atoms with Crippen LogP contribution in [0.15, 0.2) is 0 Å². The fraction of sp³-hybridized carbons (Fsp3) is 1.00. The van der Waals surface area contributed by atoms with Gasteiger partial charge >= 0.3 is 0 Å². The van der Waals surface area contributed by atoms with Crippen molar-refractivity contribution in [1.82, 2.24) is 4.90 Å². The van der Waals surface area contributed by atoms with Crippen molar-refractivity contribution in [3.05, 3.63) is 0 Å². The lowest BCUT2D eigenvalue weighted by atomic mass is 9.51. The van der Waals surface area contributed by atoms with Crippen molar-refractivity contribution in [2.45, 2.75) is 96.8 Å². The van der Waals surface area contributed by atoms with Crippen molar-refractivity contribution in [1.29, 1.82) is 0 Å². The fourth-order valence-corrected chi connectivity index (χ4v) is 10.6. The van der Waals surface area contributed by atoms with Gasteiger partial charge in [0, 0.05) is 19.1 Å². The lowest BCUT2D eigenvalue weighted by Gasteiger charge is -2.56. The van der Waals surface area contributed by atoms with Gasteiger partial charge in [0.25, 0.3) is 0 Å². The number of hydrogen-bond acceptors (Lipinski definition) is 3. The Balaban J connectivity index is 1.28. The molecule has 0 bridgehead atoms. The number of fused-ring (bicyclic) bond motifs is 8. The summed E-state index contributed by atoms with van der Waals surface area (Å²) in [7, 11) is 0. The average Bonchev–Trinajstić information content (AvgIpc) is 3.09. The summed E-state index contributed by atoms with van der Waals surface area (Å²) in [4.78, 5) is 2.92. The van der Waals surface area contributed by atoms with Crippen LogP contribution in [0.2, 0.25) is 0 Å². The Labute approximate surface area is 184 Å². The highest BCUT2D eigenvalue weighted by molar-refractivity contribution is 5.12. The number of piperidine rings is 2. The minimum absolute atomic E-state index is 0.180. The maximum absolute atomic E-state index is 11.2. The van der Waals surface area contributed by atoms with E-state index in [2.05, 4.69) is 25.7 Å². The standard InChI is InChI=1S/C27H45NO2/c1-15-4-7-25-16(2)18-5-6-19-20(22(18)14-28(25)13-15)11-23-21(19)12-26(30)24-10-17(29)8-9-27(23,24)3/h15-26,29-30H,4-14H2,1-3H3/t15-,16+,17-,18+,19+,20+,21-,22+,23-,24+,25-,26+,27+/m0/s1. The van der Waals surface area contributed by atoms with Crippen molar-refractivity contribution in [3.8, 4) is 0 Å². The molecule has 3 nitrogen and oxygen atoms in total. The van der Waals surface area contributed by atoms with Gasteiger partial charge in [-0.3, -0.25) is 4.90 Å². The molecule has 2 heterocycles. The zero-order valence-corrected chi connectivity index (χ0v) is 19.5. The highest BCUT2D eigenvalue weighted by atomic mass is 16.3. The van der Waals surface area contributed by atoms with Crippen molar-refractivity contribution in [2.24, 2.45) is 58.7 Å². The first kappa shape index (κ1) is 20.5. The van der Waals surface area contributed by atoms with E-state index in [1.807, 2.05) is 0 Å². The van der Waals surface area contributed by atoms with Crippen LogP contribution in [0.4, 0.5) is 0 Å².